The van der Waals surface area contributed by atoms with Gasteiger partial charge < -0.3 is 24.8 Å². The van der Waals surface area contributed by atoms with Gasteiger partial charge in [0.2, 0.25) is 5.91 Å². The molecule has 3 aliphatic heterocycles. The molecule has 4 atom stereocenters. The number of carbonyl (C=O) groups is 2. The maximum Gasteiger partial charge on any atom is 0.347 e. The van der Waals surface area contributed by atoms with Crippen molar-refractivity contribution in [2.45, 2.75) is 63.5 Å². The van der Waals surface area contributed by atoms with Crippen LogP contribution in [-0.4, -0.2) is 88.3 Å². The number of carbonyl (C=O) groups excluding carboxylic acids is 2. The van der Waals surface area contributed by atoms with Crippen LogP contribution in [0, 0.1) is 0 Å². The number of Topliss-reactive ketones (excluding diaryl/α,β-unsaturated/α-hetero) is 1. The van der Waals surface area contributed by atoms with E-state index in [0.29, 0.717) is 31.1 Å². The van der Waals surface area contributed by atoms with Crippen molar-refractivity contribution in [1.82, 2.24) is 24.7 Å². The van der Waals surface area contributed by atoms with E-state index in [1.165, 1.54) is 35.1 Å². The lowest BCUT2D eigenvalue weighted by molar-refractivity contribution is -0.130. The van der Waals surface area contributed by atoms with Crippen molar-refractivity contribution in [1.29, 1.82) is 0 Å². The summed E-state index contributed by atoms with van der Waals surface area (Å²) in [5.41, 5.74) is 4.04. The molecule has 4 heterocycles. The third kappa shape index (κ3) is 5.54. The van der Waals surface area contributed by atoms with Crippen molar-refractivity contribution < 1.29 is 14.3 Å². The number of rotatable bonds is 5. The second-order valence-electron chi connectivity index (χ2n) is 10.9. The van der Waals surface area contributed by atoms with E-state index >= 15 is 0 Å². The predicted molar refractivity (Wildman–Crippen MR) is 148 cm³/mol. The molecule has 0 spiro atoms. The summed E-state index contributed by atoms with van der Waals surface area (Å²) in [6, 6.07) is 7.67. The molecule has 0 saturated carbocycles. The monoisotopic (exact) mass is 534 g/mol. The molecule has 2 saturated heterocycles. The zero-order chi connectivity index (χ0) is 27.7. The summed E-state index contributed by atoms with van der Waals surface area (Å²) in [5.74, 6) is 0.0666. The summed E-state index contributed by atoms with van der Waals surface area (Å²) in [6.45, 7) is 9.03. The zero-order valence-corrected chi connectivity index (χ0v) is 23.0. The maximum atomic E-state index is 12.7. The molecule has 1 aromatic heterocycles. The van der Waals surface area contributed by atoms with Gasteiger partial charge in [0.05, 0.1) is 12.1 Å². The van der Waals surface area contributed by atoms with Crippen molar-refractivity contribution in [2.75, 3.05) is 39.1 Å². The highest BCUT2D eigenvalue weighted by atomic mass is 16.5. The Bertz CT molecular complexity index is 1310. The second kappa shape index (κ2) is 11.4. The second-order valence-corrected chi connectivity index (χ2v) is 10.9. The fourth-order valence-electron chi connectivity index (χ4n) is 6.22. The Labute approximate surface area is 229 Å². The van der Waals surface area contributed by atoms with Gasteiger partial charge in [0.1, 0.15) is 11.9 Å². The molecule has 2 aromatic rings. The quantitative estimate of drug-likeness (QED) is 0.560. The highest BCUT2D eigenvalue weighted by Crippen LogP contribution is 2.40. The minimum absolute atomic E-state index is 0.0920. The number of benzene rings is 1. The lowest BCUT2D eigenvalue weighted by atomic mass is 10.1. The van der Waals surface area contributed by atoms with E-state index in [1.54, 1.807) is 14.0 Å². The molecular formula is C29H38N6O4. The van der Waals surface area contributed by atoms with Crippen LogP contribution in [0.1, 0.15) is 48.2 Å². The van der Waals surface area contributed by atoms with E-state index in [9.17, 15) is 14.4 Å². The smallest absolute Gasteiger partial charge is 0.347 e. The van der Waals surface area contributed by atoms with Crippen LogP contribution in [0.4, 0.5) is 5.82 Å². The van der Waals surface area contributed by atoms with Gasteiger partial charge in [0.25, 0.3) is 0 Å². The summed E-state index contributed by atoms with van der Waals surface area (Å²) in [7, 11) is 3.91. The normalized spacial score (nSPS) is 26.2. The van der Waals surface area contributed by atoms with Gasteiger partial charge in [-0.1, -0.05) is 30.8 Å². The minimum Gasteiger partial charge on any atom is -0.380 e. The summed E-state index contributed by atoms with van der Waals surface area (Å²) in [4.78, 5) is 50.1. The van der Waals surface area contributed by atoms with Gasteiger partial charge in [0, 0.05) is 57.1 Å². The van der Waals surface area contributed by atoms with E-state index in [0.717, 1.165) is 30.6 Å². The highest BCUT2D eigenvalue weighted by molar-refractivity contribution is 6.00. The SMILES string of the molecule is C=CC(=O)N1CC(Nc2nc(=O)[nH]c3c2CN(C2CCc4ccccc42)C3)C(=O)C1C.COC1CCN(C)C1. The zero-order valence-electron chi connectivity index (χ0n) is 23.0. The molecular weight excluding hydrogens is 496 g/mol. The molecule has 39 heavy (non-hydrogen) atoms. The van der Waals surface area contributed by atoms with Crippen molar-refractivity contribution in [3.63, 3.8) is 0 Å². The van der Waals surface area contributed by atoms with Gasteiger partial charge in [-0.05, 0) is 50.4 Å². The summed E-state index contributed by atoms with van der Waals surface area (Å²) < 4.78 is 5.14. The first-order chi connectivity index (χ1) is 18.8. The number of fused-ring (bicyclic) bond motifs is 2. The number of aromatic nitrogens is 2. The van der Waals surface area contributed by atoms with Crippen molar-refractivity contribution >= 4 is 17.5 Å². The van der Waals surface area contributed by atoms with Crippen molar-refractivity contribution in [2.24, 2.45) is 0 Å². The number of nitrogens with one attached hydrogen (secondary N) is 2. The topological polar surface area (TPSA) is 111 Å². The number of ketones is 1. The van der Waals surface area contributed by atoms with Gasteiger partial charge in [0.15, 0.2) is 5.78 Å². The fourth-order valence-corrected chi connectivity index (χ4v) is 6.22. The number of H-pyrrole nitrogens is 1. The maximum absolute atomic E-state index is 12.7. The number of anilines is 1. The standard InChI is InChI=1S/C23H25N5O3.C6H13NO/c1-3-20(29)28-12-18(21(30)13(28)2)24-22-16-10-27(11-17(16)25-23(31)26-22)19-9-8-14-6-4-5-7-15(14)19;1-7-4-3-6(5-7)8-2/h3-7,13,18-19H,1,8-12H2,2H3,(H2,24,25,26,31);6H,3-5H2,1-2H3. The van der Waals surface area contributed by atoms with Crippen LogP contribution in [0.15, 0.2) is 41.7 Å². The average molecular weight is 535 g/mol. The molecule has 0 bridgehead atoms. The van der Waals surface area contributed by atoms with Gasteiger partial charge >= 0.3 is 5.69 Å². The number of ether oxygens (including phenoxy) is 1. The number of aromatic amines is 1. The lowest BCUT2D eigenvalue weighted by Crippen LogP contribution is -2.34. The van der Waals surface area contributed by atoms with Crippen LogP contribution in [0.5, 0.6) is 0 Å². The van der Waals surface area contributed by atoms with Gasteiger partial charge in [-0.2, -0.15) is 4.98 Å². The highest BCUT2D eigenvalue weighted by Gasteiger charge is 2.41. The number of hydrogen-bond donors (Lipinski definition) is 2. The van der Waals surface area contributed by atoms with E-state index < -0.39 is 17.8 Å². The molecule has 208 valence electrons. The Morgan fingerprint density at radius 3 is 2.69 bits per heavy atom. The number of amides is 1. The number of methoxy groups -OCH3 is 1. The summed E-state index contributed by atoms with van der Waals surface area (Å²) in [5, 5.41) is 3.17. The predicted octanol–water partition coefficient (Wildman–Crippen LogP) is 1.88. The molecule has 1 aliphatic carbocycles. The third-order valence-electron chi connectivity index (χ3n) is 8.44. The Hall–Kier alpha value is -3.34. The number of hydrogen-bond acceptors (Lipinski definition) is 8. The molecule has 10 heteroatoms. The van der Waals surface area contributed by atoms with Gasteiger partial charge in [-0.3, -0.25) is 14.5 Å². The number of likely N-dealkylation sites (N-methyl/N-ethyl adjacent to an activating group) is 1. The van der Waals surface area contributed by atoms with Crippen LogP contribution in [0.3, 0.4) is 0 Å². The van der Waals surface area contributed by atoms with Crippen LogP contribution in [-0.2, 0) is 33.8 Å². The first-order valence-electron chi connectivity index (χ1n) is 13.7. The van der Waals surface area contributed by atoms with Crippen LogP contribution in [0.2, 0.25) is 0 Å². The molecule has 6 rings (SSSR count). The molecule has 0 radical (unpaired) electrons. The largest absolute Gasteiger partial charge is 0.380 e. The third-order valence-corrected chi connectivity index (χ3v) is 8.44. The summed E-state index contributed by atoms with van der Waals surface area (Å²) in [6.07, 6.45) is 5.01. The molecule has 1 aromatic carbocycles. The Balaban J connectivity index is 0.000000332. The Kier molecular flexibility index (Phi) is 7.97. The number of likely N-dealkylation sites (tertiary alicyclic amines) is 2. The number of aryl methyl sites for hydroxylation is 1. The first-order valence-corrected chi connectivity index (χ1v) is 13.7. The van der Waals surface area contributed by atoms with E-state index in [2.05, 4.69) is 63.0 Å². The van der Waals surface area contributed by atoms with Gasteiger partial charge in [-0.25, -0.2) is 4.79 Å². The van der Waals surface area contributed by atoms with E-state index in [-0.39, 0.29) is 18.2 Å². The van der Waals surface area contributed by atoms with Gasteiger partial charge in [-0.15, -0.1) is 0 Å². The molecule has 2 N–H and O–H groups in total. The van der Waals surface area contributed by atoms with Crippen molar-refractivity contribution in [3.05, 3.63) is 69.8 Å². The molecule has 2 fully saturated rings. The van der Waals surface area contributed by atoms with Crippen molar-refractivity contribution in [3.8, 4) is 0 Å². The van der Waals surface area contributed by atoms with E-state index in [1.807, 2.05) is 0 Å². The molecule has 1 amide bonds. The number of nitrogens with zero attached hydrogens (tertiary/aromatic N) is 4. The van der Waals surface area contributed by atoms with Crippen LogP contribution in [0.25, 0.3) is 0 Å². The molecule has 4 unspecified atom stereocenters. The summed E-state index contributed by atoms with van der Waals surface area (Å²) >= 11 is 0. The van der Waals surface area contributed by atoms with Crippen LogP contribution < -0.4 is 11.0 Å². The van der Waals surface area contributed by atoms with E-state index in [4.69, 9.17) is 4.74 Å². The first kappa shape index (κ1) is 27.2. The Morgan fingerprint density at radius 1 is 1.21 bits per heavy atom. The molecule has 4 aliphatic rings. The average Bonchev–Trinajstić information content (AvgIpc) is 3.71. The fraction of sp³-hybridized carbons (Fsp3) is 0.517. The molecule has 10 nitrogen and oxygen atoms in total. The minimum atomic E-state index is -0.599. The van der Waals surface area contributed by atoms with Crippen LogP contribution >= 0.6 is 0 Å². The Morgan fingerprint density at radius 2 is 2.00 bits per heavy atom. The lowest BCUT2D eigenvalue weighted by Gasteiger charge is -2.24.